The van der Waals surface area contributed by atoms with Gasteiger partial charge in [-0.15, -0.1) is 0 Å². The van der Waals surface area contributed by atoms with Crippen LogP contribution in [0.5, 0.6) is 0 Å². The molecule has 0 aliphatic heterocycles. The van der Waals surface area contributed by atoms with E-state index in [2.05, 4.69) is 78.9 Å². The average Bonchev–Trinajstić information content (AvgIpc) is 3.04. The first-order valence-corrected chi connectivity index (χ1v) is 15.6. The molecule has 7 aromatic carbocycles. The van der Waals surface area contributed by atoms with Gasteiger partial charge in [0, 0.05) is 21.3 Å². The van der Waals surface area contributed by atoms with E-state index in [9.17, 15) is 0 Å². The fourth-order valence-electron chi connectivity index (χ4n) is 6.88. The van der Waals surface area contributed by atoms with Crippen molar-refractivity contribution in [2.45, 2.75) is 12.8 Å². The molecule has 0 radical (unpaired) electrons. The van der Waals surface area contributed by atoms with E-state index in [1.165, 1.54) is 43.8 Å². The Bertz CT molecular complexity index is 2080. The van der Waals surface area contributed by atoms with Crippen LogP contribution in [0, 0.1) is 0 Å². The SMILES string of the molecule is O=P(c1ccccc1)(c1ccccc1)c1cccc2ccc3c(c12)-c1c(c2ccccc2c2ccccc12)CC3. The predicted molar refractivity (Wildman–Crippen MR) is 171 cm³/mol. The molecule has 1 aliphatic rings. The summed E-state index contributed by atoms with van der Waals surface area (Å²) in [5, 5.41) is 10.1. The van der Waals surface area contributed by atoms with Gasteiger partial charge in [-0.2, -0.15) is 0 Å². The molecule has 1 aliphatic carbocycles. The number of hydrogen-bond donors (Lipinski definition) is 0. The van der Waals surface area contributed by atoms with Crippen LogP contribution in [0.3, 0.4) is 0 Å². The fraction of sp³-hybridized carbons (Fsp3) is 0.0526. The summed E-state index contributed by atoms with van der Waals surface area (Å²) >= 11 is 0. The number of hydrogen-bond acceptors (Lipinski definition) is 1. The molecule has 40 heavy (non-hydrogen) atoms. The molecule has 0 saturated carbocycles. The quantitative estimate of drug-likeness (QED) is 0.165. The van der Waals surface area contributed by atoms with E-state index in [1.807, 2.05) is 60.7 Å². The molecular weight excluding hydrogens is 503 g/mol. The highest BCUT2D eigenvalue weighted by atomic mass is 31.2. The highest BCUT2D eigenvalue weighted by Gasteiger charge is 2.34. The Morgan fingerprint density at radius 3 is 1.70 bits per heavy atom. The third-order valence-electron chi connectivity index (χ3n) is 8.62. The van der Waals surface area contributed by atoms with Crippen molar-refractivity contribution >= 4 is 55.4 Å². The van der Waals surface area contributed by atoms with E-state index in [0.717, 1.165) is 39.5 Å². The van der Waals surface area contributed by atoms with Gasteiger partial charge in [0.15, 0.2) is 7.14 Å². The summed E-state index contributed by atoms with van der Waals surface area (Å²) < 4.78 is 15.7. The van der Waals surface area contributed by atoms with Gasteiger partial charge in [0.05, 0.1) is 0 Å². The topological polar surface area (TPSA) is 17.1 Å². The summed E-state index contributed by atoms with van der Waals surface area (Å²) in [5.74, 6) is 0. The highest BCUT2D eigenvalue weighted by molar-refractivity contribution is 7.85. The summed E-state index contributed by atoms with van der Waals surface area (Å²) in [7, 11) is -3.19. The second-order valence-electron chi connectivity index (χ2n) is 10.7. The van der Waals surface area contributed by atoms with Crippen molar-refractivity contribution in [1.82, 2.24) is 0 Å². The summed E-state index contributed by atoms with van der Waals surface area (Å²) in [6.07, 6.45) is 1.96. The molecule has 0 bridgehead atoms. The first-order chi connectivity index (χ1) is 19.7. The third kappa shape index (κ3) is 3.32. The summed E-state index contributed by atoms with van der Waals surface area (Å²) in [4.78, 5) is 0. The summed E-state index contributed by atoms with van der Waals surface area (Å²) in [6, 6.07) is 48.6. The number of benzene rings is 7. The minimum absolute atomic E-state index is 0.866. The van der Waals surface area contributed by atoms with Gasteiger partial charge in [-0.25, -0.2) is 0 Å². The minimum Gasteiger partial charge on any atom is -0.309 e. The Hall–Kier alpha value is -4.45. The minimum atomic E-state index is -3.19. The largest absolute Gasteiger partial charge is 0.309 e. The third-order valence-corrected chi connectivity index (χ3v) is 11.7. The lowest BCUT2D eigenvalue weighted by Crippen LogP contribution is -2.26. The molecule has 0 amide bonds. The maximum absolute atomic E-state index is 15.7. The molecule has 7 aromatic rings. The van der Waals surface area contributed by atoms with Gasteiger partial charge in [0.1, 0.15) is 0 Å². The fourth-order valence-corrected chi connectivity index (χ4v) is 9.77. The second-order valence-corrected chi connectivity index (χ2v) is 13.4. The summed E-state index contributed by atoms with van der Waals surface area (Å²) in [5.41, 5.74) is 5.29. The zero-order valence-electron chi connectivity index (χ0n) is 22.0. The van der Waals surface area contributed by atoms with E-state index < -0.39 is 7.14 Å². The molecule has 0 atom stereocenters. The van der Waals surface area contributed by atoms with E-state index >= 15 is 4.57 Å². The molecule has 0 spiro atoms. The maximum atomic E-state index is 15.7. The van der Waals surface area contributed by atoms with Gasteiger partial charge in [0.25, 0.3) is 0 Å². The Labute approximate surface area is 234 Å². The normalized spacial score (nSPS) is 12.9. The summed E-state index contributed by atoms with van der Waals surface area (Å²) in [6.45, 7) is 0. The van der Waals surface area contributed by atoms with Crippen molar-refractivity contribution in [1.29, 1.82) is 0 Å². The molecular formula is C38H27OP. The Morgan fingerprint density at radius 1 is 0.450 bits per heavy atom. The highest BCUT2D eigenvalue weighted by Crippen LogP contribution is 2.50. The van der Waals surface area contributed by atoms with Gasteiger partial charge >= 0.3 is 0 Å². The standard InChI is InChI=1S/C38H27OP/c39-40(28-13-3-1-4-14-28,29-15-5-2-6-16-29)35-21-11-12-26-22-23-27-24-25-34-32-19-8-7-17-30(32)31-18-9-10-20-33(31)38(34)37(27)36(26)35/h1-23H,24-25H2. The van der Waals surface area contributed by atoms with Crippen molar-refractivity contribution < 1.29 is 4.57 Å². The predicted octanol–water partition coefficient (Wildman–Crippen LogP) is 8.55. The van der Waals surface area contributed by atoms with Gasteiger partial charge in [-0.1, -0.05) is 140 Å². The number of rotatable bonds is 3. The Kier molecular flexibility index (Phi) is 5.30. The smallest absolute Gasteiger partial charge is 0.171 e. The van der Waals surface area contributed by atoms with Crippen LogP contribution >= 0.6 is 7.14 Å². The number of aryl methyl sites for hydroxylation is 2. The molecule has 0 fully saturated rings. The van der Waals surface area contributed by atoms with E-state index in [-0.39, 0.29) is 0 Å². The van der Waals surface area contributed by atoms with Gasteiger partial charge in [-0.3, -0.25) is 0 Å². The Balaban J connectivity index is 1.57. The van der Waals surface area contributed by atoms with Crippen LogP contribution in [-0.2, 0) is 17.4 Å². The van der Waals surface area contributed by atoms with E-state index in [0.29, 0.717) is 0 Å². The average molecular weight is 531 g/mol. The molecule has 0 heterocycles. The lowest BCUT2D eigenvalue weighted by atomic mass is 9.78. The van der Waals surface area contributed by atoms with E-state index in [4.69, 9.17) is 0 Å². The lowest BCUT2D eigenvalue weighted by Gasteiger charge is -2.28. The van der Waals surface area contributed by atoms with Crippen LogP contribution < -0.4 is 15.9 Å². The van der Waals surface area contributed by atoms with Crippen LogP contribution in [-0.4, -0.2) is 0 Å². The number of fused-ring (bicyclic) bond motifs is 10. The van der Waals surface area contributed by atoms with Crippen LogP contribution in [0.25, 0.3) is 43.4 Å². The molecule has 190 valence electrons. The zero-order valence-corrected chi connectivity index (χ0v) is 22.9. The van der Waals surface area contributed by atoms with Crippen LogP contribution in [0.4, 0.5) is 0 Å². The molecule has 8 rings (SSSR count). The van der Waals surface area contributed by atoms with Gasteiger partial charge in [-0.05, 0) is 62.0 Å². The monoisotopic (exact) mass is 530 g/mol. The molecule has 0 N–H and O–H groups in total. The van der Waals surface area contributed by atoms with E-state index in [1.54, 1.807) is 0 Å². The molecule has 0 saturated heterocycles. The molecule has 0 unspecified atom stereocenters. The first kappa shape index (κ1) is 23.4. The van der Waals surface area contributed by atoms with Crippen LogP contribution in [0.1, 0.15) is 11.1 Å². The first-order valence-electron chi connectivity index (χ1n) is 13.9. The van der Waals surface area contributed by atoms with Crippen LogP contribution in [0.15, 0.2) is 140 Å². The van der Waals surface area contributed by atoms with Gasteiger partial charge < -0.3 is 4.57 Å². The second kappa shape index (κ2) is 9.05. The van der Waals surface area contributed by atoms with Crippen molar-refractivity contribution in [2.24, 2.45) is 0 Å². The zero-order chi connectivity index (χ0) is 26.7. The van der Waals surface area contributed by atoms with Crippen molar-refractivity contribution in [3.63, 3.8) is 0 Å². The Morgan fingerprint density at radius 2 is 1.02 bits per heavy atom. The maximum Gasteiger partial charge on any atom is 0.171 e. The lowest BCUT2D eigenvalue weighted by molar-refractivity contribution is 0.592. The molecule has 2 heteroatoms. The van der Waals surface area contributed by atoms with Crippen molar-refractivity contribution in [3.8, 4) is 11.1 Å². The van der Waals surface area contributed by atoms with Crippen LogP contribution in [0.2, 0.25) is 0 Å². The van der Waals surface area contributed by atoms with Crippen molar-refractivity contribution in [2.75, 3.05) is 0 Å². The molecule has 0 aromatic heterocycles. The molecule has 1 nitrogen and oxygen atoms in total. The van der Waals surface area contributed by atoms with Crippen molar-refractivity contribution in [3.05, 3.63) is 151 Å². The van der Waals surface area contributed by atoms with Gasteiger partial charge in [0.2, 0.25) is 0 Å².